The van der Waals surface area contributed by atoms with Crippen molar-refractivity contribution in [1.82, 2.24) is 9.19 Å². The summed E-state index contributed by atoms with van der Waals surface area (Å²) < 4.78 is 26.7. The standard InChI is InChI=1S/C19H20ClN3O2S/c1-19(2,3)14-6-10-16(11-7-14)26(24,25)23-12-17(18(21)22-23)13-4-8-15(20)9-5-13/h4-12H,1-3H3,(H2,21,22). The van der Waals surface area contributed by atoms with Crippen LogP contribution in [0.1, 0.15) is 26.3 Å². The zero-order valence-electron chi connectivity index (χ0n) is 14.8. The van der Waals surface area contributed by atoms with E-state index < -0.39 is 10.0 Å². The lowest BCUT2D eigenvalue weighted by molar-refractivity contribution is 0.577. The van der Waals surface area contributed by atoms with E-state index in [-0.39, 0.29) is 16.1 Å². The number of nitrogens with zero attached hydrogens (tertiary/aromatic N) is 2. The molecule has 3 rings (SSSR count). The molecule has 2 aromatic carbocycles. The first-order chi connectivity index (χ1) is 12.1. The minimum absolute atomic E-state index is 0.0554. The van der Waals surface area contributed by atoms with Crippen molar-refractivity contribution in [2.45, 2.75) is 31.1 Å². The summed E-state index contributed by atoms with van der Waals surface area (Å²) in [5.74, 6) is 0.141. The Morgan fingerprint density at radius 2 is 1.58 bits per heavy atom. The van der Waals surface area contributed by atoms with Crippen LogP contribution in [0.4, 0.5) is 5.82 Å². The van der Waals surface area contributed by atoms with Crippen molar-refractivity contribution >= 4 is 27.4 Å². The van der Waals surface area contributed by atoms with Gasteiger partial charge in [0.2, 0.25) is 0 Å². The van der Waals surface area contributed by atoms with Gasteiger partial charge in [0.25, 0.3) is 10.0 Å². The topological polar surface area (TPSA) is 78.0 Å². The second kappa shape index (κ2) is 6.45. The molecule has 1 heterocycles. The monoisotopic (exact) mass is 389 g/mol. The van der Waals surface area contributed by atoms with E-state index in [2.05, 4.69) is 25.9 Å². The van der Waals surface area contributed by atoms with Crippen LogP contribution in [0.2, 0.25) is 5.02 Å². The maximum absolute atomic E-state index is 12.9. The maximum Gasteiger partial charge on any atom is 0.283 e. The number of rotatable bonds is 3. The number of nitrogens with two attached hydrogens (primary N) is 1. The highest BCUT2D eigenvalue weighted by Crippen LogP contribution is 2.28. The minimum Gasteiger partial charge on any atom is -0.382 e. The Labute approximate surface area is 158 Å². The van der Waals surface area contributed by atoms with Crippen molar-refractivity contribution < 1.29 is 8.42 Å². The average Bonchev–Trinajstić information content (AvgIpc) is 2.97. The highest BCUT2D eigenvalue weighted by Gasteiger charge is 2.22. The third-order valence-corrected chi connectivity index (χ3v) is 5.94. The van der Waals surface area contributed by atoms with Gasteiger partial charge in [-0.25, -0.2) is 0 Å². The van der Waals surface area contributed by atoms with Gasteiger partial charge in [0.15, 0.2) is 5.82 Å². The SMILES string of the molecule is CC(C)(C)c1ccc(S(=O)(=O)n2cc(-c3ccc(Cl)cc3)c(N)n2)cc1. The molecule has 0 spiro atoms. The summed E-state index contributed by atoms with van der Waals surface area (Å²) in [5, 5.41) is 4.59. The molecule has 136 valence electrons. The van der Waals surface area contributed by atoms with E-state index in [0.717, 1.165) is 15.2 Å². The fourth-order valence-electron chi connectivity index (χ4n) is 2.58. The van der Waals surface area contributed by atoms with Gasteiger partial charge in [-0.2, -0.15) is 12.5 Å². The molecule has 7 heteroatoms. The van der Waals surface area contributed by atoms with Crippen LogP contribution in [0.25, 0.3) is 11.1 Å². The van der Waals surface area contributed by atoms with Gasteiger partial charge in [0.1, 0.15) is 0 Å². The highest BCUT2D eigenvalue weighted by molar-refractivity contribution is 7.89. The lowest BCUT2D eigenvalue weighted by Crippen LogP contribution is -2.15. The number of benzene rings is 2. The number of hydrogen-bond donors (Lipinski definition) is 1. The van der Waals surface area contributed by atoms with Crippen LogP contribution in [0.3, 0.4) is 0 Å². The molecular formula is C19H20ClN3O2S. The Bertz CT molecular complexity index is 1030. The van der Waals surface area contributed by atoms with Crippen LogP contribution in [-0.2, 0) is 15.4 Å². The summed E-state index contributed by atoms with van der Waals surface area (Å²) >= 11 is 5.89. The Hall–Kier alpha value is -2.31. The van der Waals surface area contributed by atoms with Crippen LogP contribution in [0.15, 0.2) is 59.6 Å². The fraction of sp³-hybridized carbons (Fsp3) is 0.211. The molecule has 0 unspecified atom stereocenters. The molecule has 26 heavy (non-hydrogen) atoms. The Morgan fingerprint density at radius 3 is 2.12 bits per heavy atom. The molecule has 2 N–H and O–H groups in total. The third kappa shape index (κ3) is 3.48. The average molecular weight is 390 g/mol. The summed E-state index contributed by atoms with van der Waals surface area (Å²) in [7, 11) is -3.82. The molecule has 0 saturated carbocycles. The second-order valence-electron chi connectivity index (χ2n) is 7.09. The predicted molar refractivity (Wildman–Crippen MR) is 105 cm³/mol. The molecule has 0 atom stereocenters. The van der Waals surface area contributed by atoms with Gasteiger partial charge in [-0.05, 0) is 40.8 Å². The van der Waals surface area contributed by atoms with E-state index in [1.165, 1.54) is 6.20 Å². The smallest absolute Gasteiger partial charge is 0.283 e. The zero-order chi connectivity index (χ0) is 19.1. The van der Waals surface area contributed by atoms with Crippen molar-refractivity contribution in [2.75, 3.05) is 5.73 Å². The molecule has 0 bridgehead atoms. The van der Waals surface area contributed by atoms with Gasteiger partial charge < -0.3 is 5.73 Å². The van der Waals surface area contributed by atoms with Gasteiger partial charge in [-0.1, -0.05) is 56.6 Å². The first kappa shape index (κ1) is 18.5. The van der Waals surface area contributed by atoms with Crippen molar-refractivity contribution in [3.63, 3.8) is 0 Å². The van der Waals surface area contributed by atoms with Gasteiger partial charge in [0, 0.05) is 10.6 Å². The molecule has 0 aliphatic rings. The summed E-state index contributed by atoms with van der Waals surface area (Å²) in [5.41, 5.74) is 8.22. The quantitative estimate of drug-likeness (QED) is 0.723. The first-order valence-corrected chi connectivity index (χ1v) is 9.88. The summed E-state index contributed by atoms with van der Waals surface area (Å²) in [6.45, 7) is 6.22. The second-order valence-corrected chi connectivity index (χ2v) is 9.32. The van der Waals surface area contributed by atoms with E-state index in [0.29, 0.717) is 10.6 Å². The molecule has 3 aromatic rings. The molecule has 0 fully saturated rings. The number of halogens is 1. The Balaban J connectivity index is 2.00. The highest BCUT2D eigenvalue weighted by atomic mass is 35.5. The van der Waals surface area contributed by atoms with Crippen LogP contribution in [-0.4, -0.2) is 17.6 Å². The number of aromatic nitrogens is 2. The lowest BCUT2D eigenvalue weighted by atomic mass is 9.87. The molecule has 0 saturated heterocycles. The van der Waals surface area contributed by atoms with Crippen LogP contribution in [0, 0.1) is 0 Å². The predicted octanol–water partition coefficient (Wildman–Crippen LogP) is 4.32. The van der Waals surface area contributed by atoms with Gasteiger partial charge in [-0.3, -0.25) is 0 Å². The zero-order valence-corrected chi connectivity index (χ0v) is 16.3. The van der Waals surface area contributed by atoms with E-state index >= 15 is 0 Å². The van der Waals surface area contributed by atoms with Crippen LogP contribution >= 0.6 is 11.6 Å². The first-order valence-electron chi connectivity index (χ1n) is 8.06. The molecule has 0 aliphatic heterocycles. The molecule has 5 nitrogen and oxygen atoms in total. The number of nitrogen functional groups attached to an aromatic ring is 1. The maximum atomic E-state index is 12.9. The Morgan fingerprint density at radius 1 is 1.00 bits per heavy atom. The third-order valence-electron chi connectivity index (χ3n) is 4.14. The lowest BCUT2D eigenvalue weighted by Gasteiger charge is -2.19. The van der Waals surface area contributed by atoms with Gasteiger partial charge in [-0.15, -0.1) is 5.10 Å². The van der Waals surface area contributed by atoms with Crippen molar-refractivity contribution in [3.8, 4) is 11.1 Å². The van der Waals surface area contributed by atoms with Crippen molar-refractivity contribution in [1.29, 1.82) is 0 Å². The summed E-state index contributed by atoms with van der Waals surface area (Å²) in [6, 6.07) is 13.8. The summed E-state index contributed by atoms with van der Waals surface area (Å²) in [4.78, 5) is 0.163. The van der Waals surface area contributed by atoms with Crippen LogP contribution in [0.5, 0.6) is 0 Å². The number of anilines is 1. The minimum atomic E-state index is -3.82. The molecule has 0 aliphatic carbocycles. The van der Waals surface area contributed by atoms with E-state index in [1.54, 1.807) is 36.4 Å². The molecule has 0 amide bonds. The van der Waals surface area contributed by atoms with Gasteiger partial charge in [0.05, 0.1) is 11.1 Å². The molecule has 1 aromatic heterocycles. The van der Waals surface area contributed by atoms with Crippen molar-refractivity contribution in [3.05, 3.63) is 65.3 Å². The van der Waals surface area contributed by atoms with Gasteiger partial charge >= 0.3 is 0 Å². The van der Waals surface area contributed by atoms with E-state index in [4.69, 9.17) is 17.3 Å². The van der Waals surface area contributed by atoms with E-state index in [1.807, 2.05) is 12.1 Å². The number of hydrogen-bond acceptors (Lipinski definition) is 4. The summed E-state index contributed by atoms with van der Waals surface area (Å²) in [6.07, 6.45) is 1.42. The fourth-order valence-corrected chi connectivity index (χ4v) is 3.84. The van der Waals surface area contributed by atoms with Crippen LogP contribution < -0.4 is 5.73 Å². The molecule has 0 radical (unpaired) electrons. The Kier molecular flexibility index (Phi) is 4.58. The largest absolute Gasteiger partial charge is 0.382 e. The normalized spacial score (nSPS) is 12.3. The molecular weight excluding hydrogens is 370 g/mol. The van der Waals surface area contributed by atoms with Crippen molar-refractivity contribution in [2.24, 2.45) is 0 Å². The van der Waals surface area contributed by atoms with E-state index in [9.17, 15) is 8.42 Å².